The summed E-state index contributed by atoms with van der Waals surface area (Å²) in [5.41, 5.74) is 10.3. The first kappa shape index (κ1) is 15.6. The summed E-state index contributed by atoms with van der Waals surface area (Å²) in [6, 6.07) is 2.28. The largest absolute Gasteiger partial charge is 0.348 e. The molecule has 4 nitrogen and oxygen atoms in total. The molecule has 0 aromatic carbocycles. The van der Waals surface area contributed by atoms with E-state index < -0.39 is 9.84 Å². The van der Waals surface area contributed by atoms with E-state index in [9.17, 15) is 8.42 Å². The molecule has 1 unspecified atom stereocenters. The summed E-state index contributed by atoms with van der Waals surface area (Å²) in [7, 11) is -2.88. The van der Waals surface area contributed by atoms with Gasteiger partial charge in [-0.3, -0.25) is 0 Å². The van der Waals surface area contributed by atoms with Crippen molar-refractivity contribution in [1.82, 2.24) is 4.57 Å². The second-order valence-electron chi connectivity index (χ2n) is 6.97. The van der Waals surface area contributed by atoms with E-state index in [1.54, 1.807) is 0 Å². The molecule has 1 aromatic rings. The highest BCUT2D eigenvalue weighted by Crippen LogP contribution is 2.40. The summed E-state index contributed by atoms with van der Waals surface area (Å²) in [6.45, 7) is 7.34. The molecule has 1 aliphatic rings. The maximum absolute atomic E-state index is 11.3. The van der Waals surface area contributed by atoms with Crippen molar-refractivity contribution in [3.8, 4) is 0 Å². The Balaban J connectivity index is 2.23. The van der Waals surface area contributed by atoms with Gasteiger partial charge in [-0.2, -0.15) is 0 Å². The second kappa shape index (κ2) is 5.19. The lowest BCUT2D eigenvalue weighted by molar-refractivity contribution is 0.275. The van der Waals surface area contributed by atoms with Crippen molar-refractivity contribution < 1.29 is 8.42 Å². The molecule has 1 aliphatic carbocycles. The minimum Gasteiger partial charge on any atom is -0.348 e. The van der Waals surface area contributed by atoms with Gasteiger partial charge >= 0.3 is 0 Å². The van der Waals surface area contributed by atoms with E-state index in [1.807, 2.05) is 0 Å². The monoisotopic (exact) mass is 298 g/mol. The van der Waals surface area contributed by atoms with Crippen molar-refractivity contribution in [2.24, 2.45) is 11.1 Å². The summed E-state index contributed by atoms with van der Waals surface area (Å²) < 4.78 is 24.8. The molecule has 20 heavy (non-hydrogen) atoms. The SMILES string of the molecule is Cc1cc2c(n1CCCS(C)(=O)=O)CC(C)(C)CC2N. The number of fused-ring (bicyclic) bond motifs is 1. The van der Waals surface area contributed by atoms with Gasteiger partial charge in [0.05, 0.1) is 5.75 Å². The van der Waals surface area contributed by atoms with Gasteiger partial charge in [-0.15, -0.1) is 0 Å². The van der Waals surface area contributed by atoms with Crippen molar-refractivity contribution >= 4 is 9.84 Å². The molecule has 0 bridgehead atoms. The fourth-order valence-electron chi connectivity index (χ4n) is 3.30. The number of rotatable bonds is 4. The number of hydrogen-bond donors (Lipinski definition) is 1. The number of nitrogens with two attached hydrogens (primary N) is 1. The van der Waals surface area contributed by atoms with Crippen molar-refractivity contribution in [1.29, 1.82) is 0 Å². The van der Waals surface area contributed by atoms with Crippen LogP contribution in [0, 0.1) is 12.3 Å². The number of sulfone groups is 1. The third-order valence-electron chi connectivity index (χ3n) is 4.16. The Kier molecular flexibility index (Phi) is 4.04. The molecule has 1 atom stereocenters. The summed E-state index contributed by atoms with van der Waals surface area (Å²) in [5, 5.41) is 0. The first-order chi connectivity index (χ1) is 9.09. The molecule has 0 amide bonds. The first-order valence-electron chi connectivity index (χ1n) is 7.21. The van der Waals surface area contributed by atoms with Gasteiger partial charge in [0.2, 0.25) is 0 Å². The number of aryl methyl sites for hydroxylation is 1. The minimum absolute atomic E-state index is 0.101. The van der Waals surface area contributed by atoms with Crippen LogP contribution in [0.3, 0.4) is 0 Å². The predicted molar refractivity (Wildman–Crippen MR) is 82.5 cm³/mol. The zero-order chi connectivity index (χ0) is 15.1. The summed E-state index contributed by atoms with van der Waals surface area (Å²) in [6.07, 6.45) is 3.98. The van der Waals surface area contributed by atoms with Gasteiger partial charge in [-0.1, -0.05) is 13.8 Å². The van der Waals surface area contributed by atoms with E-state index in [-0.39, 0.29) is 17.2 Å². The third-order valence-corrected chi connectivity index (χ3v) is 5.19. The first-order valence-corrected chi connectivity index (χ1v) is 9.27. The maximum Gasteiger partial charge on any atom is 0.147 e. The van der Waals surface area contributed by atoms with E-state index in [0.29, 0.717) is 6.42 Å². The second-order valence-corrected chi connectivity index (χ2v) is 9.23. The van der Waals surface area contributed by atoms with Crippen LogP contribution in [-0.4, -0.2) is 25.0 Å². The highest BCUT2D eigenvalue weighted by Gasteiger charge is 2.33. The van der Waals surface area contributed by atoms with Crippen molar-refractivity contribution in [3.63, 3.8) is 0 Å². The van der Waals surface area contributed by atoms with Crippen LogP contribution in [0.2, 0.25) is 0 Å². The Hall–Kier alpha value is -0.810. The summed E-state index contributed by atoms with van der Waals surface area (Å²) in [4.78, 5) is 0. The average Bonchev–Trinajstić information content (AvgIpc) is 2.54. The fraction of sp³-hybridized carbons (Fsp3) is 0.733. The van der Waals surface area contributed by atoms with Gasteiger partial charge in [-0.25, -0.2) is 8.42 Å². The Bertz CT molecular complexity index is 600. The lowest BCUT2D eigenvalue weighted by Crippen LogP contribution is -2.30. The van der Waals surface area contributed by atoms with Crippen LogP contribution in [0.25, 0.3) is 0 Å². The normalized spacial score (nSPS) is 21.8. The minimum atomic E-state index is -2.88. The Morgan fingerprint density at radius 2 is 2.10 bits per heavy atom. The van der Waals surface area contributed by atoms with Crippen molar-refractivity contribution in [2.45, 2.75) is 52.6 Å². The molecule has 0 fully saturated rings. The summed E-state index contributed by atoms with van der Waals surface area (Å²) >= 11 is 0. The third kappa shape index (κ3) is 3.44. The standard InChI is InChI=1S/C15H26N2O2S/c1-11-8-12-13(16)9-15(2,3)10-14(12)17(11)6-5-7-20(4,18)19/h8,13H,5-7,9-10,16H2,1-4H3. The Morgan fingerprint density at radius 1 is 1.45 bits per heavy atom. The number of aromatic nitrogens is 1. The number of hydrogen-bond acceptors (Lipinski definition) is 3. The van der Waals surface area contributed by atoms with Crippen molar-refractivity contribution in [2.75, 3.05) is 12.0 Å². The zero-order valence-electron chi connectivity index (χ0n) is 12.9. The quantitative estimate of drug-likeness (QED) is 0.927. The molecular weight excluding hydrogens is 272 g/mol. The topological polar surface area (TPSA) is 65.1 Å². The molecule has 0 spiro atoms. The molecule has 0 saturated heterocycles. The van der Waals surface area contributed by atoms with Crippen LogP contribution < -0.4 is 5.73 Å². The van der Waals surface area contributed by atoms with Gasteiger partial charge in [0.1, 0.15) is 9.84 Å². The van der Waals surface area contributed by atoms with Gasteiger partial charge in [0.15, 0.2) is 0 Å². The van der Waals surface area contributed by atoms with Gasteiger partial charge in [0, 0.05) is 30.2 Å². The van der Waals surface area contributed by atoms with E-state index in [2.05, 4.69) is 31.4 Å². The lowest BCUT2D eigenvalue weighted by atomic mass is 9.74. The Morgan fingerprint density at radius 3 is 2.70 bits per heavy atom. The van der Waals surface area contributed by atoms with E-state index in [4.69, 9.17) is 5.73 Å². The highest BCUT2D eigenvalue weighted by molar-refractivity contribution is 7.90. The molecule has 1 aromatic heterocycles. The van der Waals surface area contributed by atoms with E-state index >= 15 is 0 Å². The van der Waals surface area contributed by atoms with E-state index in [0.717, 1.165) is 19.4 Å². The molecule has 5 heteroatoms. The van der Waals surface area contributed by atoms with Crippen LogP contribution in [0.4, 0.5) is 0 Å². The lowest BCUT2D eigenvalue weighted by Gasteiger charge is -2.34. The highest BCUT2D eigenvalue weighted by atomic mass is 32.2. The molecule has 2 rings (SSSR count). The van der Waals surface area contributed by atoms with Gasteiger partial charge in [-0.05, 0) is 43.2 Å². The van der Waals surface area contributed by atoms with Crippen LogP contribution >= 0.6 is 0 Å². The van der Waals surface area contributed by atoms with Crippen LogP contribution in [0.15, 0.2) is 6.07 Å². The molecule has 0 aliphatic heterocycles. The Labute approximate surface area is 122 Å². The molecule has 0 radical (unpaired) electrons. The average molecular weight is 298 g/mol. The predicted octanol–water partition coefficient (Wildman–Crippen LogP) is 2.20. The van der Waals surface area contributed by atoms with Gasteiger partial charge in [0.25, 0.3) is 0 Å². The van der Waals surface area contributed by atoms with Crippen molar-refractivity contribution in [3.05, 3.63) is 23.0 Å². The van der Waals surface area contributed by atoms with Crippen LogP contribution in [0.1, 0.15) is 49.7 Å². The summed E-state index contributed by atoms with van der Waals surface area (Å²) in [5.74, 6) is 0.245. The zero-order valence-corrected chi connectivity index (χ0v) is 13.8. The number of nitrogens with zero attached hydrogens (tertiary/aromatic N) is 1. The smallest absolute Gasteiger partial charge is 0.147 e. The van der Waals surface area contributed by atoms with Crippen LogP contribution in [-0.2, 0) is 22.8 Å². The molecule has 2 N–H and O–H groups in total. The van der Waals surface area contributed by atoms with Crippen LogP contribution in [0.5, 0.6) is 0 Å². The molecule has 1 heterocycles. The van der Waals surface area contributed by atoms with E-state index in [1.165, 1.54) is 23.2 Å². The molecule has 114 valence electrons. The molecular formula is C15H26N2O2S. The fourth-order valence-corrected chi connectivity index (χ4v) is 3.95. The maximum atomic E-state index is 11.3. The van der Waals surface area contributed by atoms with Gasteiger partial charge < -0.3 is 10.3 Å². The molecule has 0 saturated carbocycles.